The van der Waals surface area contributed by atoms with Gasteiger partial charge in [0.05, 0.1) is 18.8 Å². The summed E-state index contributed by atoms with van der Waals surface area (Å²) in [6.07, 6.45) is 26.7. The highest BCUT2D eigenvalue weighted by Gasteiger charge is 2.17. The van der Waals surface area contributed by atoms with E-state index < -0.39 is 12.1 Å². The number of nitrogens with one attached hydrogen (secondary N) is 1. The minimum absolute atomic E-state index is 0.137. The Morgan fingerprint density at radius 2 is 1.11 bits per heavy atom. The Hall–Kier alpha value is -1.20. The number of ketones is 1. The molecule has 0 aromatic rings. The second-order valence-electron chi connectivity index (χ2n) is 10.5. The van der Waals surface area contributed by atoms with E-state index in [-0.39, 0.29) is 12.5 Å². The molecule has 0 aromatic heterocycles. The molecule has 0 radical (unpaired) electrons. The normalized spacial score (nSPS) is 13.2. The first-order valence-electron chi connectivity index (χ1n) is 15.3. The molecule has 36 heavy (non-hydrogen) atoms. The summed E-state index contributed by atoms with van der Waals surface area (Å²) in [7, 11) is 0. The number of aliphatic hydroxyl groups excluding tert-OH is 2. The van der Waals surface area contributed by atoms with Crippen molar-refractivity contribution < 1.29 is 19.8 Å². The lowest BCUT2D eigenvalue weighted by molar-refractivity contribution is -0.123. The van der Waals surface area contributed by atoms with Gasteiger partial charge >= 0.3 is 0 Å². The molecule has 1 unspecified atom stereocenters. The highest BCUT2D eigenvalue weighted by molar-refractivity contribution is 5.78. The summed E-state index contributed by atoms with van der Waals surface area (Å²) in [5.41, 5.74) is 0. The van der Waals surface area contributed by atoms with Crippen LogP contribution in [-0.2, 0) is 9.59 Å². The van der Waals surface area contributed by atoms with E-state index in [1.165, 1.54) is 64.2 Å². The highest BCUT2D eigenvalue weighted by atomic mass is 16.3. The Morgan fingerprint density at radius 3 is 1.67 bits per heavy atom. The summed E-state index contributed by atoms with van der Waals surface area (Å²) in [6, 6.07) is -0.660. The first kappa shape index (κ1) is 34.8. The van der Waals surface area contributed by atoms with Crippen LogP contribution in [0.15, 0.2) is 12.2 Å². The second-order valence-corrected chi connectivity index (χ2v) is 10.5. The molecular formula is C31H59NO4. The standard InChI is InChI=1S/C31H59NO4/c1-3-5-7-8-9-10-11-12-13-14-15-16-21-25-30(35)29(27-33)32-31(36)26-22-18-17-20-24-28(34)23-19-6-4-2/h21,25,29-30,33,35H,3-20,22-24,26-27H2,1-2H3,(H,32,36)/b25-21+/t29-,30?/m0/s1. The maximum absolute atomic E-state index is 12.2. The van der Waals surface area contributed by atoms with E-state index in [2.05, 4.69) is 19.2 Å². The number of rotatable bonds is 27. The van der Waals surface area contributed by atoms with E-state index in [1.54, 1.807) is 6.08 Å². The van der Waals surface area contributed by atoms with E-state index in [0.29, 0.717) is 25.0 Å². The molecule has 0 heterocycles. The molecule has 0 saturated carbocycles. The van der Waals surface area contributed by atoms with Crippen molar-refractivity contribution in [2.45, 2.75) is 167 Å². The highest BCUT2D eigenvalue weighted by Crippen LogP contribution is 2.13. The minimum Gasteiger partial charge on any atom is -0.394 e. The lowest BCUT2D eigenvalue weighted by Gasteiger charge is -2.20. The van der Waals surface area contributed by atoms with Gasteiger partial charge in [-0.2, -0.15) is 0 Å². The van der Waals surface area contributed by atoms with E-state index >= 15 is 0 Å². The number of allylic oxidation sites excluding steroid dienone is 1. The fourth-order valence-corrected chi connectivity index (χ4v) is 4.47. The Kier molecular flexibility index (Phi) is 26.0. The lowest BCUT2D eigenvalue weighted by atomic mass is 10.0. The SMILES string of the molecule is CCCCCCCCCCCCC/C=C/C(O)[C@H](CO)NC(=O)CCCCCCC(=O)CCCCC. The third-order valence-electron chi connectivity index (χ3n) is 6.93. The van der Waals surface area contributed by atoms with Crippen LogP contribution < -0.4 is 5.32 Å². The molecular weight excluding hydrogens is 450 g/mol. The fraction of sp³-hybridized carbons (Fsp3) is 0.871. The molecule has 0 saturated heterocycles. The molecule has 5 heteroatoms. The van der Waals surface area contributed by atoms with Gasteiger partial charge < -0.3 is 15.5 Å². The first-order chi connectivity index (χ1) is 17.5. The predicted molar refractivity (Wildman–Crippen MR) is 152 cm³/mol. The van der Waals surface area contributed by atoms with Gasteiger partial charge in [-0.15, -0.1) is 0 Å². The zero-order valence-electron chi connectivity index (χ0n) is 23.8. The van der Waals surface area contributed by atoms with Gasteiger partial charge in [-0.25, -0.2) is 0 Å². The number of unbranched alkanes of at least 4 members (excludes halogenated alkanes) is 16. The molecule has 0 aromatic carbocycles. The van der Waals surface area contributed by atoms with Crippen LogP contribution in [0.2, 0.25) is 0 Å². The van der Waals surface area contributed by atoms with Crippen molar-refractivity contribution in [1.29, 1.82) is 0 Å². The summed E-state index contributed by atoms with van der Waals surface area (Å²) in [5, 5.41) is 22.6. The zero-order chi connectivity index (χ0) is 26.7. The van der Waals surface area contributed by atoms with Crippen LogP contribution in [0.4, 0.5) is 0 Å². The number of carbonyl (C=O) groups is 2. The smallest absolute Gasteiger partial charge is 0.220 e. The lowest BCUT2D eigenvalue weighted by Crippen LogP contribution is -2.45. The Morgan fingerprint density at radius 1 is 0.667 bits per heavy atom. The molecule has 1 amide bonds. The molecule has 0 fully saturated rings. The molecule has 0 rings (SSSR count). The van der Waals surface area contributed by atoms with E-state index in [4.69, 9.17) is 0 Å². The van der Waals surface area contributed by atoms with Crippen LogP contribution >= 0.6 is 0 Å². The van der Waals surface area contributed by atoms with Crippen LogP contribution in [-0.4, -0.2) is 40.7 Å². The van der Waals surface area contributed by atoms with Gasteiger partial charge in [-0.3, -0.25) is 9.59 Å². The molecule has 0 spiro atoms. The monoisotopic (exact) mass is 509 g/mol. The number of hydrogen-bond acceptors (Lipinski definition) is 4. The predicted octanol–water partition coefficient (Wildman–Crippen LogP) is 7.57. The molecule has 5 nitrogen and oxygen atoms in total. The van der Waals surface area contributed by atoms with Crippen molar-refractivity contribution >= 4 is 11.7 Å². The molecule has 0 aliphatic heterocycles. The molecule has 212 valence electrons. The molecule has 0 aliphatic carbocycles. The van der Waals surface area contributed by atoms with Crippen molar-refractivity contribution in [3.05, 3.63) is 12.2 Å². The maximum atomic E-state index is 12.2. The van der Waals surface area contributed by atoms with Crippen LogP contribution in [0.3, 0.4) is 0 Å². The van der Waals surface area contributed by atoms with Gasteiger partial charge in [-0.1, -0.05) is 116 Å². The summed E-state index contributed by atoms with van der Waals surface area (Å²) in [4.78, 5) is 24.0. The molecule has 0 bridgehead atoms. The summed E-state index contributed by atoms with van der Waals surface area (Å²) < 4.78 is 0. The van der Waals surface area contributed by atoms with Crippen molar-refractivity contribution in [2.24, 2.45) is 0 Å². The van der Waals surface area contributed by atoms with Crippen LogP contribution in [0.25, 0.3) is 0 Å². The minimum atomic E-state index is -0.870. The van der Waals surface area contributed by atoms with Gasteiger partial charge in [0.15, 0.2) is 0 Å². The first-order valence-corrected chi connectivity index (χ1v) is 15.3. The fourth-order valence-electron chi connectivity index (χ4n) is 4.47. The zero-order valence-corrected chi connectivity index (χ0v) is 23.8. The third kappa shape index (κ3) is 23.2. The van der Waals surface area contributed by atoms with E-state index in [0.717, 1.165) is 57.8 Å². The Balaban J connectivity index is 3.75. The largest absolute Gasteiger partial charge is 0.394 e. The topological polar surface area (TPSA) is 86.6 Å². The summed E-state index contributed by atoms with van der Waals surface area (Å²) in [6.45, 7) is 4.11. The Bertz CT molecular complexity index is 535. The van der Waals surface area contributed by atoms with Crippen molar-refractivity contribution in [3.8, 4) is 0 Å². The Labute approximate surface area is 222 Å². The summed E-state index contributed by atoms with van der Waals surface area (Å²) >= 11 is 0. The van der Waals surface area contributed by atoms with Crippen molar-refractivity contribution in [3.63, 3.8) is 0 Å². The van der Waals surface area contributed by atoms with E-state index in [1.807, 2.05) is 6.08 Å². The van der Waals surface area contributed by atoms with Gasteiger partial charge in [0.2, 0.25) is 5.91 Å². The van der Waals surface area contributed by atoms with Gasteiger partial charge in [0.1, 0.15) is 5.78 Å². The number of hydrogen-bond donors (Lipinski definition) is 3. The average Bonchev–Trinajstić information content (AvgIpc) is 2.87. The maximum Gasteiger partial charge on any atom is 0.220 e. The van der Waals surface area contributed by atoms with Crippen LogP contribution in [0, 0.1) is 0 Å². The third-order valence-corrected chi connectivity index (χ3v) is 6.93. The van der Waals surface area contributed by atoms with Crippen molar-refractivity contribution in [2.75, 3.05) is 6.61 Å². The van der Waals surface area contributed by atoms with Crippen LogP contribution in [0.1, 0.15) is 155 Å². The summed E-state index contributed by atoms with van der Waals surface area (Å²) in [5.74, 6) is 0.222. The van der Waals surface area contributed by atoms with E-state index in [9.17, 15) is 19.8 Å². The molecule has 0 aliphatic rings. The van der Waals surface area contributed by atoms with Gasteiger partial charge in [0.25, 0.3) is 0 Å². The molecule has 2 atom stereocenters. The van der Waals surface area contributed by atoms with Crippen molar-refractivity contribution in [1.82, 2.24) is 5.32 Å². The average molecular weight is 510 g/mol. The van der Waals surface area contributed by atoms with Crippen LogP contribution in [0.5, 0.6) is 0 Å². The quantitative estimate of drug-likeness (QED) is 0.0787. The number of Topliss-reactive ketones (excluding diaryl/α,β-unsaturated/α-hetero) is 1. The number of aliphatic hydroxyl groups is 2. The van der Waals surface area contributed by atoms with Gasteiger partial charge in [-0.05, 0) is 32.1 Å². The van der Waals surface area contributed by atoms with Gasteiger partial charge in [0, 0.05) is 19.3 Å². The second kappa shape index (κ2) is 26.9. The number of amides is 1. The molecule has 3 N–H and O–H groups in total. The number of carbonyl (C=O) groups excluding carboxylic acids is 2.